The number of aliphatic carboxylic acids is 1. The van der Waals surface area contributed by atoms with Gasteiger partial charge in [-0.3, -0.25) is 4.90 Å². The fourth-order valence-electron chi connectivity index (χ4n) is 2.66. The zero-order valence-corrected chi connectivity index (χ0v) is 13.2. The second-order valence-electron chi connectivity index (χ2n) is 5.03. The van der Waals surface area contributed by atoms with E-state index in [1.165, 1.54) is 14.2 Å². The van der Waals surface area contributed by atoms with Crippen molar-refractivity contribution in [3.05, 3.63) is 17.7 Å². The molecule has 0 radical (unpaired) electrons. The summed E-state index contributed by atoms with van der Waals surface area (Å²) >= 11 is 0. The highest BCUT2D eigenvalue weighted by Gasteiger charge is 2.40. The quantitative estimate of drug-likeness (QED) is 0.863. The molecule has 1 aliphatic rings. The molecule has 0 aromatic heterocycles. The molecule has 3 N–H and O–H groups in total. The highest BCUT2D eigenvalue weighted by molar-refractivity contribution is 5.97. The molecule has 0 spiro atoms. The molecule has 8 nitrogen and oxygen atoms in total. The van der Waals surface area contributed by atoms with E-state index in [0.717, 1.165) is 4.90 Å². The van der Waals surface area contributed by atoms with Gasteiger partial charge in [-0.25, -0.2) is 9.59 Å². The molecule has 23 heavy (non-hydrogen) atoms. The summed E-state index contributed by atoms with van der Waals surface area (Å²) in [6.45, 7) is 1.79. The van der Waals surface area contributed by atoms with E-state index in [9.17, 15) is 14.7 Å². The van der Waals surface area contributed by atoms with Crippen molar-refractivity contribution in [3.8, 4) is 11.5 Å². The SMILES string of the molecule is CCOC(=O)N1c2cc(OC)c(OC)cc2C(N)CC1C(=O)O. The average Bonchev–Trinajstić information content (AvgIpc) is 2.53. The first kappa shape index (κ1) is 16.9. The standard InChI is InChI=1S/C15H20N2O6/c1-4-23-15(20)17-10-7-13(22-3)12(21-2)5-8(10)9(16)6-11(17)14(18)19/h5,7,9,11H,4,6,16H2,1-3H3,(H,18,19). The highest BCUT2D eigenvalue weighted by Crippen LogP contribution is 2.43. The fraction of sp³-hybridized carbons (Fsp3) is 0.467. The predicted molar refractivity (Wildman–Crippen MR) is 82.0 cm³/mol. The third kappa shape index (κ3) is 3.02. The largest absolute Gasteiger partial charge is 0.493 e. The van der Waals surface area contributed by atoms with Crippen LogP contribution < -0.4 is 20.1 Å². The maximum atomic E-state index is 12.3. The molecule has 0 aliphatic carbocycles. The molecular formula is C15H20N2O6. The van der Waals surface area contributed by atoms with Crippen LogP contribution in [-0.2, 0) is 9.53 Å². The summed E-state index contributed by atoms with van der Waals surface area (Å²) in [6.07, 6.45) is -0.656. The second-order valence-corrected chi connectivity index (χ2v) is 5.03. The van der Waals surface area contributed by atoms with Gasteiger partial charge in [0.15, 0.2) is 11.5 Å². The fourth-order valence-corrected chi connectivity index (χ4v) is 2.66. The maximum Gasteiger partial charge on any atom is 0.415 e. The topological polar surface area (TPSA) is 111 Å². The first-order chi connectivity index (χ1) is 10.9. The van der Waals surface area contributed by atoms with Crippen molar-refractivity contribution in [2.75, 3.05) is 25.7 Å². The van der Waals surface area contributed by atoms with Gasteiger partial charge >= 0.3 is 12.1 Å². The Balaban J connectivity index is 2.61. The predicted octanol–water partition coefficient (Wildman–Crippen LogP) is 1.52. The van der Waals surface area contributed by atoms with E-state index in [0.29, 0.717) is 22.7 Å². The number of hydrogen-bond acceptors (Lipinski definition) is 6. The molecule has 2 atom stereocenters. The second kappa shape index (κ2) is 6.74. The van der Waals surface area contributed by atoms with Crippen LogP contribution in [0.2, 0.25) is 0 Å². The Bertz CT molecular complexity index is 618. The molecule has 126 valence electrons. The lowest BCUT2D eigenvalue weighted by atomic mass is 9.91. The molecule has 1 aliphatic heterocycles. The Hall–Kier alpha value is -2.48. The number of carbonyl (C=O) groups excluding carboxylic acids is 1. The molecule has 1 aromatic carbocycles. The number of fused-ring (bicyclic) bond motifs is 1. The minimum absolute atomic E-state index is 0.0800. The Labute approximate surface area is 133 Å². The smallest absolute Gasteiger partial charge is 0.415 e. The summed E-state index contributed by atoms with van der Waals surface area (Å²) in [7, 11) is 2.94. The van der Waals surface area contributed by atoms with Crippen LogP contribution in [0.1, 0.15) is 24.9 Å². The molecule has 2 unspecified atom stereocenters. The number of benzene rings is 1. The van der Waals surface area contributed by atoms with Crippen molar-refractivity contribution in [3.63, 3.8) is 0 Å². The number of nitrogens with zero attached hydrogens (tertiary/aromatic N) is 1. The summed E-state index contributed by atoms with van der Waals surface area (Å²) < 4.78 is 15.5. The number of hydrogen-bond donors (Lipinski definition) is 2. The third-order valence-corrected chi connectivity index (χ3v) is 3.73. The Kier molecular flexibility index (Phi) is 4.95. The van der Waals surface area contributed by atoms with Gasteiger partial charge in [0.05, 0.1) is 26.5 Å². The van der Waals surface area contributed by atoms with E-state index in [1.807, 2.05) is 0 Å². The van der Waals surface area contributed by atoms with Gasteiger partial charge in [0.25, 0.3) is 0 Å². The molecule has 1 amide bonds. The van der Waals surface area contributed by atoms with Gasteiger partial charge in [-0.1, -0.05) is 0 Å². The zero-order valence-electron chi connectivity index (χ0n) is 13.2. The number of amides is 1. The molecule has 2 rings (SSSR count). The van der Waals surface area contributed by atoms with Crippen molar-refractivity contribution in [2.24, 2.45) is 5.73 Å². The van der Waals surface area contributed by atoms with Crippen LogP contribution in [-0.4, -0.2) is 44.0 Å². The number of carboxylic acid groups (broad SMARTS) is 1. The lowest BCUT2D eigenvalue weighted by Gasteiger charge is -2.37. The molecule has 0 saturated heterocycles. The molecule has 0 bridgehead atoms. The van der Waals surface area contributed by atoms with Crippen LogP contribution in [0.25, 0.3) is 0 Å². The number of carbonyl (C=O) groups is 2. The number of ether oxygens (including phenoxy) is 3. The van der Waals surface area contributed by atoms with Crippen LogP contribution in [0, 0.1) is 0 Å². The molecule has 1 heterocycles. The van der Waals surface area contributed by atoms with Crippen LogP contribution in [0.15, 0.2) is 12.1 Å². The molecule has 0 fully saturated rings. The number of carboxylic acids is 1. The number of anilines is 1. The lowest BCUT2D eigenvalue weighted by Crippen LogP contribution is -2.50. The van der Waals surface area contributed by atoms with Crippen molar-refractivity contribution < 1.29 is 28.9 Å². The average molecular weight is 324 g/mol. The summed E-state index contributed by atoms with van der Waals surface area (Å²) in [5.41, 5.74) is 7.05. The van der Waals surface area contributed by atoms with E-state index in [-0.39, 0.29) is 13.0 Å². The van der Waals surface area contributed by atoms with Crippen LogP contribution in [0.4, 0.5) is 10.5 Å². The van der Waals surface area contributed by atoms with E-state index in [4.69, 9.17) is 19.9 Å². The molecule has 8 heteroatoms. The van der Waals surface area contributed by atoms with Gasteiger partial charge in [0.1, 0.15) is 6.04 Å². The summed E-state index contributed by atoms with van der Waals surface area (Å²) in [5.74, 6) is -0.313. The zero-order chi connectivity index (χ0) is 17.1. The minimum atomic E-state index is -1.14. The van der Waals surface area contributed by atoms with E-state index < -0.39 is 24.1 Å². The monoisotopic (exact) mass is 324 g/mol. The van der Waals surface area contributed by atoms with Gasteiger partial charge in [0.2, 0.25) is 0 Å². The van der Waals surface area contributed by atoms with Crippen LogP contribution in [0.5, 0.6) is 11.5 Å². The van der Waals surface area contributed by atoms with Gasteiger partial charge in [-0.05, 0) is 25.0 Å². The first-order valence-electron chi connectivity index (χ1n) is 7.14. The third-order valence-electron chi connectivity index (χ3n) is 3.73. The number of nitrogens with two attached hydrogens (primary N) is 1. The molecule has 0 saturated carbocycles. The van der Waals surface area contributed by atoms with Crippen molar-refractivity contribution in [1.82, 2.24) is 0 Å². The highest BCUT2D eigenvalue weighted by atomic mass is 16.6. The number of rotatable bonds is 4. The Morgan fingerprint density at radius 3 is 2.43 bits per heavy atom. The minimum Gasteiger partial charge on any atom is -0.493 e. The van der Waals surface area contributed by atoms with Gasteiger partial charge < -0.3 is 25.1 Å². The van der Waals surface area contributed by atoms with Crippen molar-refractivity contribution in [2.45, 2.75) is 25.4 Å². The maximum absolute atomic E-state index is 12.3. The Morgan fingerprint density at radius 2 is 1.91 bits per heavy atom. The van der Waals surface area contributed by atoms with Crippen LogP contribution in [0.3, 0.4) is 0 Å². The first-order valence-corrected chi connectivity index (χ1v) is 7.14. The van der Waals surface area contributed by atoms with E-state index in [1.54, 1.807) is 19.1 Å². The van der Waals surface area contributed by atoms with Crippen LogP contribution >= 0.6 is 0 Å². The summed E-state index contributed by atoms with van der Waals surface area (Å²) in [4.78, 5) is 24.9. The van der Waals surface area contributed by atoms with E-state index >= 15 is 0 Å². The normalized spacial score (nSPS) is 19.7. The summed E-state index contributed by atoms with van der Waals surface area (Å²) in [6, 6.07) is 1.55. The Morgan fingerprint density at radius 1 is 1.30 bits per heavy atom. The van der Waals surface area contributed by atoms with Crippen molar-refractivity contribution in [1.29, 1.82) is 0 Å². The van der Waals surface area contributed by atoms with Gasteiger partial charge in [-0.2, -0.15) is 0 Å². The lowest BCUT2D eigenvalue weighted by molar-refractivity contribution is -0.139. The van der Waals surface area contributed by atoms with E-state index in [2.05, 4.69) is 0 Å². The van der Waals surface area contributed by atoms with Gasteiger partial charge in [0, 0.05) is 12.1 Å². The van der Waals surface area contributed by atoms with Gasteiger partial charge in [-0.15, -0.1) is 0 Å². The molecular weight excluding hydrogens is 304 g/mol. The number of methoxy groups -OCH3 is 2. The van der Waals surface area contributed by atoms with Crippen molar-refractivity contribution >= 4 is 17.7 Å². The summed E-state index contributed by atoms with van der Waals surface area (Å²) in [5, 5.41) is 9.44. The molecule has 1 aromatic rings.